The molecule has 1 aromatic carbocycles. The number of rotatable bonds is 3. The summed E-state index contributed by atoms with van der Waals surface area (Å²) in [5.74, 6) is 0.749. The Bertz CT molecular complexity index is 962. The second-order valence-corrected chi connectivity index (χ2v) is 7.78. The molecule has 0 aliphatic carbocycles. The molecule has 3 heterocycles. The molecule has 5 nitrogen and oxygen atoms in total. The smallest absolute Gasteiger partial charge is 0.207 e. The topological polar surface area (TPSA) is 60.0 Å². The van der Waals surface area contributed by atoms with Gasteiger partial charge in [0.05, 0.1) is 33.8 Å². The summed E-state index contributed by atoms with van der Waals surface area (Å²) in [7, 11) is 0. The Hall–Kier alpha value is -1.60. The fraction of sp³-hybridized carbons (Fsp3) is 0.368. The van der Waals surface area contributed by atoms with Crippen LogP contribution in [0.4, 0.5) is 10.3 Å². The van der Waals surface area contributed by atoms with Gasteiger partial charge in [-0.05, 0) is 43.7 Å². The van der Waals surface area contributed by atoms with Crippen LogP contribution in [0, 0.1) is 0 Å². The van der Waals surface area contributed by atoms with Gasteiger partial charge in [-0.1, -0.05) is 23.2 Å². The Morgan fingerprint density at radius 2 is 1.96 bits per heavy atom. The van der Waals surface area contributed by atoms with Gasteiger partial charge in [0.15, 0.2) is 0 Å². The van der Waals surface area contributed by atoms with Crippen molar-refractivity contribution in [3.8, 4) is 0 Å². The van der Waals surface area contributed by atoms with Crippen molar-refractivity contribution in [1.29, 1.82) is 0 Å². The lowest BCUT2D eigenvalue weighted by Crippen LogP contribution is -2.50. The number of halogens is 4. The maximum Gasteiger partial charge on any atom is 0.207 e. The number of benzene rings is 1. The van der Waals surface area contributed by atoms with Crippen LogP contribution >= 0.6 is 35.6 Å². The van der Waals surface area contributed by atoms with E-state index >= 15 is 0 Å². The van der Waals surface area contributed by atoms with Gasteiger partial charge < -0.3 is 15.2 Å². The van der Waals surface area contributed by atoms with Gasteiger partial charge in [0.25, 0.3) is 0 Å². The Kier molecular flexibility index (Phi) is 6.34. The minimum atomic E-state index is -0.983. The average Bonchev–Trinajstić information content (AvgIpc) is 3.02. The van der Waals surface area contributed by atoms with Crippen LogP contribution in [0.5, 0.6) is 0 Å². The first-order valence-electron chi connectivity index (χ1n) is 8.87. The fourth-order valence-electron chi connectivity index (χ4n) is 3.56. The van der Waals surface area contributed by atoms with E-state index < -0.39 is 12.2 Å². The minimum Gasteiger partial charge on any atom is -0.340 e. The zero-order valence-electron chi connectivity index (χ0n) is 15.2. The van der Waals surface area contributed by atoms with Gasteiger partial charge in [-0.25, -0.2) is 9.37 Å². The number of alkyl halides is 1. The minimum absolute atomic E-state index is 0. The number of piperidine rings is 1. The van der Waals surface area contributed by atoms with Crippen molar-refractivity contribution in [2.45, 2.75) is 31.6 Å². The van der Waals surface area contributed by atoms with Gasteiger partial charge in [-0.2, -0.15) is 0 Å². The highest BCUT2D eigenvalue weighted by molar-refractivity contribution is 6.31. The molecule has 2 aromatic heterocycles. The van der Waals surface area contributed by atoms with Gasteiger partial charge in [0.2, 0.25) is 5.95 Å². The molecule has 0 radical (unpaired) electrons. The molecule has 2 N–H and O–H groups in total. The quantitative estimate of drug-likeness (QED) is 0.639. The van der Waals surface area contributed by atoms with Gasteiger partial charge in [0, 0.05) is 24.3 Å². The van der Waals surface area contributed by atoms with Crippen LogP contribution in [-0.4, -0.2) is 39.8 Å². The number of hydrogen-bond donors (Lipinski definition) is 1. The maximum atomic E-state index is 13.9. The first-order valence-corrected chi connectivity index (χ1v) is 9.63. The van der Waals surface area contributed by atoms with Crippen molar-refractivity contribution in [3.05, 3.63) is 52.3 Å². The molecular formula is C19H21Cl3FN5. The standard InChI is InChI=1S/C19H20Cl2FN5.ClH/c1-11(16-4-3-13(21)9-24-16)27-18-8-12(20)2-5-17(18)25-19(27)26-7-6-14(22)15(23)10-26;/h2-5,8-9,11,14-15H,6-7,10,23H2,1H3;1H/t11-,14-,15-;/m1./s1. The van der Waals surface area contributed by atoms with Gasteiger partial charge >= 0.3 is 0 Å². The summed E-state index contributed by atoms with van der Waals surface area (Å²) in [5.41, 5.74) is 8.55. The molecule has 0 unspecified atom stereocenters. The molecule has 0 amide bonds. The number of pyridine rings is 1. The number of fused-ring (bicyclic) bond motifs is 1. The Balaban J connectivity index is 0.00000225. The molecule has 28 heavy (non-hydrogen) atoms. The summed E-state index contributed by atoms with van der Waals surface area (Å²) in [4.78, 5) is 11.3. The molecule has 1 aliphatic rings. The summed E-state index contributed by atoms with van der Waals surface area (Å²) in [6, 6.07) is 8.67. The summed E-state index contributed by atoms with van der Waals surface area (Å²) in [5, 5.41) is 1.21. The SMILES string of the molecule is C[C@H](c1ccc(Cl)cn1)n1c(N2CC[C@@H](F)[C@H](N)C2)nc2ccc(Cl)cc21.Cl. The van der Waals surface area contributed by atoms with Gasteiger partial charge in [0.1, 0.15) is 6.17 Å². The van der Waals surface area contributed by atoms with Crippen LogP contribution in [0.1, 0.15) is 25.1 Å². The molecule has 1 saturated heterocycles. The van der Waals surface area contributed by atoms with Crippen LogP contribution in [-0.2, 0) is 0 Å². The van der Waals surface area contributed by atoms with Gasteiger partial charge in [-0.15, -0.1) is 12.4 Å². The molecule has 4 rings (SSSR count). The van der Waals surface area contributed by atoms with Crippen molar-refractivity contribution in [2.75, 3.05) is 18.0 Å². The lowest BCUT2D eigenvalue weighted by atomic mass is 10.1. The summed E-state index contributed by atoms with van der Waals surface area (Å²) in [6.45, 7) is 3.02. The third-order valence-corrected chi connectivity index (χ3v) is 5.51. The van der Waals surface area contributed by atoms with Crippen molar-refractivity contribution >= 4 is 52.6 Å². The monoisotopic (exact) mass is 443 g/mol. The average molecular weight is 445 g/mol. The lowest BCUT2D eigenvalue weighted by Gasteiger charge is -2.34. The van der Waals surface area contributed by atoms with E-state index in [0.717, 1.165) is 22.7 Å². The van der Waals surface area contributed by atoms with Gasteiger partial charge in [-0.3, -0.25) is 4.98 Å². The third-order valence-electron chi connectivity index (χ3n) is 5.05. The molecule has 3 atom stereocenters. The number of aromatic nitrogens is 3. The largest absolute Gasteiger partial charge is 0.340 e. The van der Waals surface area contributed by atoms with Crippen LogP contribution in [0.2, 0.25) is 10.0 Å². The second-order valence-electron chi connectivity index (χ2n) is 6.91. The summed E-state index contributed by atoms with van der Waals surface area (Å²) in [6.07, 6.45) is 1.03. The first kappa shape index (κ1) is 21.1. The van der Waals surface area contributed by atoms with E-state index in [2.05, 4.69) is 9.55 Å². The molecule has 1 fully saturated rings. The number of nitrogens with two attached hydrogens (primary N) is 1. The molecule has 9 heteroatoms. The normalized spacial score (nSPS) is 20.8. The molecule has 0 saturated carbocycles. The third kappa shape index (κ3) is 3.92. The number of nitrogens with zero attached hydrogens (tertiary/aromatic N) is 4. The van der Waals surface area contributed by atoms with Crippen molar-refractivity contribution in [3.63, 3.8) is 0 Å². The van der Waals surface area contributed by atoms with Crippen molar-refractivity contribution in [1.82, 2.24) is 14.5 Å². The summed E-state index contributed by atoms with van der Waals surface area (Å²) >= 11 is 12.2. The highest BCUT2D eigenvalue weighted by Crippen LogP contribution is 2.33. The van der Waals surface area contributed by atoms with E-state index in [-0.39, 0.29) is 18.4 Å². The van der Waals surface area contributed by atoms with E-state index in [0.29, 0.717) is 29.6 Å². The number of imidazole rings is 1. The molecule has 0 bridgehead atoms. The zero-order chi connectivity index (χ0) is 19.1. The fourth-order valence-corrected chi connectivity index (χ4v) is 3.84. The highest BCUT2D eigenvalue weighted by atomic mass is 35.5. The molecule has 150 valence electrons. The van der Waals surface area contributed by atoms with Crippen LogP contribution in [0.25, 0.3) is 11.0 Å². The van der Waals surface area contributed by atoms with Crippen molar-refractivity contribution < 1.29 is 4.39 Å². The van der Waals surface area contributed by atoms with E-state index in [1.807, 2.05) is 42.2 Å². The molecule has 0 spiro atoms. The van der Waals surface area contributed by atoms with Crippen LogP contribution in [0.15, 0.2) is 36.5 Å². The van der Waals surface area contributed by atoms with E-state index in [4.69, 9.17) is 33.9 Å². The van der Waals surface area contributed by atoms with Crippen LogP contribution < -0.4 is 10.6 Å². The zero-order valence-corrected chi connectivity index (χ0v) is 17.6. The van der Waals surface area contributed by atoms with Crippen molar-refractivity contribution in [2.24, 2.45) is 5.73 Å². The van der Waals surface area contributed by atoms with E-state index in [1.54, 1.807) is 6.20 Å². The Morgan fingerprint density at radius 1 is 1.21 bits per heavy atom. The maximum absolute atomic E-state index is 13.9. The number of anilines is 1. The number of hydrogen-bond acceptors (Lipinski definition) is 4. The predicted octanol–water partition coefficient (Wildman–Crippen LogP) is 4.64. The van der Waals surface area contributed by atoms with E-state index in [9.17, 15) is 4.39 Å². The molecular weight excluding hydrogens is 424 g/mol. The summed E-state index contributed by atoms with van der Waals surface area (Å²) < 4.78 is 16.0. The Labute approximate surface area is 179 Å². The van der Waals surface area contributed by atoms with Crippen LogP contribution in [0.3, 0.4) is 0 Å². The second kappa shape index (κ2) is 8.41. The molecule has 3 aromatic rings. The lowest BCUT2D eigenvalue weighted by molar-refractivity contribution is 0.243. The van der Waals surface area contributed by atoms with E-state index in [1.165, 1.54) is 0 Å². The highest BCUT2D eigenvalue weighted by Gasteiger charge is 2.30. The predicted molar refractivity (Wildman–Crippen MR) is 115 cm³/mol. The first-order chi connectivity index (χ1) is 12.9. The molecule has 1 aliphatic heterocycles. The Morgan fingerprint density at radius 3 is 2.64 bits per heavy atom.